The molecule has 0 spiro atoms. The number of fused-ring (bicyclic) bond motifs is 1. The lowest BCUT2D eigenvalue weighted by Gasteiger charge is -2.12. The number of ether oxygens (including phenoxy) is 2. The van der Waals surface area contributed by atoms with E-state index in [-0.39, 0.29) is 0 Å². The summed E-state index contributed by atoms with van der Waals surface area (Å²) in [5, 5.41) is 1.21. The van der Waals surface area contributed by atoms with Crippen molar-refractivity contribution >= 4 is 39.8 Å². The molecule has 0 saturated heterocycles. The van der Waals surface area contributed by atoms with Gasteiger partial charge in [0.05, 0.1) is 36.1 Å². The first-order valence-electron chi connectivity index (χ1n) is 5.78. The van der Waals surface area contributed by atoms with Gasteiger partial charge in [0.2, 0.25) is 0 Å². The van der Waals surface area contributed by atoms with E-state index in [0.717, 1.165) is 11.8 Å². The first-order chi connectivity index (χ1) is 9.17. The maximum atomic E-state index is 6.16. The number of benzene rings is 1. The van der Waals surface area contributed by atoms with Crippen molar-refractivity contribution in [3.05, 3.63) is 23.4 Å². The van der Waals surface area contributed by atoms with Gasteiger partial charge in [0.25, 0.3) is 0 Å². The van der Waals surface area contributed by atoms with Crippen molar-refractivity contribution in [3.63, 3.8) is 0 Å². The summed E-state index contributed by atoms with van der Waals surface area (Å²) >= 11 is 11.8. The van der Waals surface area contributed by atoms with Gasteiger partial charge in [0.1, 0.15) is 0 Å². The second-order valence-electron chi connectivity index (χ2n) is 3.94. The summed E-state index contributed by atoms with van der Waals surface area (Å²) in [4.78, 5) is 4.23. The van der Waals surface area contributed by atoms with Crippen LogP contribution < -0.4 is 15.2 Å². The molecular weight excluding hydrogens is 287 g/mol. The Morgan fingerprint density at radius 2 is 2.11 bits per heavy atom. The molecule has 0 aliphatic rings. The summed E-state index contributed by atoms with van der Waals surface area (Å²) in [6.45, 7) is 0.522. The maximum absolute atomic E-state index is 6.16. The Morgan fingerprint density at radius 1 is 1.32 bits per heavy atom. The van der Waals surface area contributed by atoms with Crippen molar-refractivity contribution in [2.24, 2.45) is 0 Å². The summed E-state index contributed by atoms with van der Waals surface area (Å²) in [7, 11) is 1.57. The van der Waals surface area contributed by atoms with Gasteiger partial charge in [-0.05, 0) is 12.5 Å². The number of halogens is 2. The second kappa shape index (κ2) is 6.17. The Bertz CT molecular complexity index is 590. The predicted octanol–water partition coefficient (Wildman–Crippen LogP) is 3.49. The monoisotopic (exact) mass is 300 g/mol. The molecule has 0 aliphatic heterocycles. The van der Waals surface area contributed by atoms with Crippen molar-refractivity contribution in [2.75, 3.05) is 25.3 Å². The van der Waals surface area contributed by atoms with Crippen molar-refractivity contribution in [1.82, 2.24) is 4.98 Å². The number of hydrogen-bond donors (Lipinski definition) is 1. The van der Waals surface area contributed by atoms with Gasteiger partial charge >= 0.3 is 0 Å². The predicted molar refractivity (Wildman–Crippen MR) is 78.5 cm³/mol. The topological polar surface area (TPSA) is 57.4 Å². The van der Waals surface area contributed by atoms with Crippen LogP contribution in [0.15, 0.2) is 18.3 Å². The normalized spacial score (nSPS) is 10.7. The van der Waals surface area contributed by atoms with Crippen LogP contribution in [0, 0.1) is 0 Å². The minimum atomic E-state index is 0.437. The molecule has 102 valence electrons. The third-order valence-electron chi connectivity index (χ3n) is 2.65. The second-order valence-corrected chi connectivity index (χ2v) is 4.69. The van der Waals surface area contributed by atoms with Gasteiger partial charge < -0.3 is 15.2 Å². The summed E-state index contributed by atoms with van der Waals surface area (Å²) in [6, 6.07) is 3.56. The Hall–Kier alpha value is -1.39. The summed E-state index contributed by atoms with van der Waals surface area (Å²) in [6.07, 6.45) is 2.29. The molecule has 1 aromatic heterocycles. The molecule has 0 aliphatic carbocycles. The average molecular weight is 301 g/mol. The lowest BCUT2D eigenvalue weighted by molar-refractivity contribution is 0.295. The lowest BCUT2D eigenvalue weighted by Crippen LogP contribution is -2.00. The molecule has 2 rings (SSSR count). The standard InChI is InChI=1S/C13H14Cl2N2O2/c1-18-11-5-8-10(17-7-9(16)13(8)15)6-12(11)19-4-2-3-14/h5-7H,2-4,16H2,1H3. The molecule has 1 aromatic carbocycles. The first-order valence-corrected chi connectivity index (χ1v) is 6.69. The molecule has 0 unspecified atom stereocenters. The van der Waals surface area contributed by atoms with E-state index in [1.54, 1.807) is 19.2 Å². The fraction of sp³-hybridized carbons (Fsp3) is 0.308. The quantitative estimate of drug-likeness (QED) is 0.678. The van der Waals surface area contributed by atoms with E-state index in [4.69, 9.17) is 38.4 Å². The van der Waals surface area contributed by atoms with E-state index in [2.05, 4.69) is 4.98 Å². The largest absolute Gasteiger partial charge is 0.493 e. The molecule has 0 bridgehead atoms. The van der Waals surface area contributed by atoms with Gasteiger partial charge in [-0.3, -0.25) is 4.98 Å². The van der Waals surface area contributed by atoms with Crippen LogP contribution in [0.5, 0.6) is 11.5 Å². The zero-order chi connectivity index (χ0) is 13.8. The zero-order valence-electron chi connectivity index (χ0n) is 10.5. The Morgan fingerprint density at radius 3 is 2.79 bits per heavy atom. The van der Waals surface area contributed by atoms with Crippen LogP contribution in [0.2, 0.25) is 5.02 Å². The number of methoxy groups -OCH3 is 1. The molecule has 0 fully saturated rings. The molecule has 6 heteroatoms. The van der Waals surface area contributed by atoms with Crippen molar-refractivity contribution in [2.45, 2.75) is 6.42 Å². The molecule has 0 amide bonds. The van der Waals surface area contributed by atoms with Crippen molar-refractivity contribution in [1.29, 1.82) is 0 Å². The lowest BCUT2D eigenvalue weighted by atomic mass is 10.2. The number of aromatic nitrogens is 1. The minimum Gasteiger partial charge on any atom is -0.493 e. The van der Waals surface area contributed by atoms with Gasteiger partial charge in [-0.2, -0.15) is 0 Å². The molecule has 0 radical (unpaired) electrons. The van der Waals surface area contributed by atoms with Crippen molar-refractivity contribution in [3.8, 4) is 11.5 Å². The number of alkyl halides is 1. The third-order valence-corrected chi connectivity index (χ3v) is 3.34. The molecular formula is C13H14Cl2N2O2. The van der Waals surface area contributed by atoms with Gasteiger partial charge in [-0.25, -0.2) is 0 Å². The minimum absolute atomic E-state index is 0.437. The number of nitrogen functional groups attached to an aromatic ring is 1. The van der Waals surface area contributed by atoms with Gasteiger partial charge in [-0.15, -0.1) is 11.6 Å². The maximum Gasteiger partial charge on any atom is 0.163 e. The van der Waals surface area contributed by atoms with Crippen LogP contribution in [0.3, 0.4) is 0 Å². The van der Waals surface area contributed by atoms with E-state index in [9.17, 15) is 0 Å². The van der Waals surface area contributed by atoms with Crippen LogP contribution in [0.1, 0.15) is 6.42 Å². The summed E-state index contributed by atoms with van der Waals surface area (Å²) in [5.74, 6) is 1.76. The number of nitrogens with zero attached hydrogens (tertiary/aromatic N) is 1. The number of anilines is 1. The molecule has 1 heterocycles. The van der Waals surface area contributed by atoms with Crippen molar-refractivity contribution < 1.29 is 9.47 Å². The van der Waals surface area contributed by atoms with Gasteiger partial charge in [-0.1, -0.05) is 11.6 Å². The SMILES string of the molecule is COc1cc2c(Cl)c(N)cnc2cc1OCCCCl. The first kappa shape index (κ1) is 14.0. The molecule has 2 aromatic rings. The molecule has 4 nitrogen and oxygen atoms in total. The Labute approximate surface area is 121 Å². The van der Waals surface area contributed by atoms with Gasteiger partial charge in [0.15, 0.2) is 11.5 Å². The van der Waals surface area contributed by atoms with Crippen LogP contribution in [0.25, 0.3) is 10.9 Å². The highest BCUT2D eigenvalue weighted by Gasteiger charge is 2.11. The Kier molecular flexibility index (Phi) is 4.56. The summed E-state index contributed by atoms with van der Waals surface area (Å²) < 4.78 is 10.9. The van der Waals surface area contributed by atoms with Crippen LogP contribution in [0.4, 0.5) is 5.69 Å². The third kappa shape index (κ3) is 2.96. The number of pyridine rings is 1. The highest BCUT2D eigenvalue weighted by Crippen LogP contribution is 2.36. The van der Waals surface area contributed by atoms with E-state index in [1.165, 1.54) is 6.20 Å². The molecule has 0 atom stereocenters. The Balaban J connectivity index is 2.45. The van der Waals surface area contributed by atoms with Gasteiger partial charge in [0, 0.05) is 17.3 Å². The number of nitrogens with two attached hydrogens (primary N) is 1. The van der Waals surface area contributed by atoms with E-state index in [1.807, 2.05) is 0 Å². The number of rotatable bonds is 5. The smallest absolute Gasteiger partial charge is 0.163 e. The fourth-order valence-corrected chi connectivity index (χ4v) is 2.00. The zero-order valence-corrected chi connectivity index (χ0v) is 12.0. The van der Waals surface area contributed by atoms with E-state index in [0.29, 0.717) is 40.2 Å². The average Bonchev–Trinajstić information content (AvgIpc) is 2.43. The van der Waals surface area contributed by atoms with E-state index < -0.39 is 0 Å². The van der Waals surface area contributed by atoms with Crippen LogP contribution in [-0.2, 0) is 0 Å². The molecule has 19 heavy (non-hydrogen) atoms. The highest BCUT2D eigenvalue weighted by atomic mass is 35.5. The van der Waals surface area contributed by atoms with Crippen LogP contribution >= 0.6 is 23.2 Å². The van der Waals surface area contributed by atoms with E-state index >= 15 is 0 Å². The molecule has 2 N–H and O–H groups in total. The highest BCUT2D eigenvalue weighted by molar-refractivity contribution is 6.37. The van der Waals surface area contributed by atoms with Crippen LogP contribution in [-0.4, -0.2) is 24.6 Å². The summed E-state index contributed by atoms with van der Waals surface area (Å²) in [5.41, 5.74) is 6.88. The fourth-order valence-electron chi connectivity index (χ4n) is 1.69. The molecule has 0 saturated carbocycles. The number of hydrogen-bond acceptors (Lipinski definition) is 4.